The van der Waals surface area contributed by atoms with Crippen molar-refractivity contribution in [3.8, 4) is 0 Å². The van der Waals surface area contributed by atoms with Crippen molar-refractivity contribution in [2.24, 2.45) is 0 Å². The minimum atomic E-state index is -3.56. The Kier molecular flexibility index (Phi) is 4.82. The number of aromatic nitrogens is 4. The molecule has 4 aromatic heterocycles. The predicted molar refractivity (Wildman–Crippen MR) is 174 cm³/mol. The molecular weight excluding hydrogens is 535 g/mol. The van der Waals surface area contributed by atoms with Crippen LogP contribution in [0.1, 0.15) is 0 Å². The maximum Gasteiger partial charge on any atom is 0.236 e. The second kappa shape index (κ2) is 8.62. The summed E-state index contributed by atoms with van der Waals surface area (Å²) < 4.78 is 20.6. The van der Waals surface area contributed by atoms with Crippen molar-refractivity contribution >= 4 is 78.1 Å². The summed E-state index contributed by atoms with van der Waals surface area (Å²) in [5.41, 5.74) is 5.42. The Morgan fingerprint density at radius 2 is 1.07 bits per heavy atom. The van der Waals surface area contributed by atoms with E-state index in [4.69, 9.17) is 4.98 Å². The standard InChI is InChI=1S/C36H23N4OP/c41-42(24-20-22-37-23-21-24,40-32-17-7-4-12-27(32)28-13-5-8-18-33(28)40)34-19-9-15-30-35(34)39-31-16-6-3-11-26(31)25-10-1-2-14-29(25)36(39)38-30/h1-23H. The first-order chi connectivity index (χ1) is 20.7. The zero-order chi connectivity index (χ0) is 27.8. The van der Waals surface area contributed by atoms with Crippen molar-refractivity contribution in [2.75, 3.05) is 0 Å². The summed E-state index contributed by atoms with van der Waals surface area (Å²) >= 11 is 0. The molecule has 0 saturated carbocycles. The number of rotatable bonds is 3. The van der Waals surface area contributed by atoms with Gasteiger partial charge in [0.2, 0.25) is 7.29 Å². The molecule has 0 N–H and O–H groups in total. The molecule has 0 aliphatic carbocycles. The fourth-order valence-electron chi connectivity index (χ4n) is 6.69. The zero-order valence-corrected chi connectivity index (χ0v) is 23.3. The molecule has 42 heavy (non-hydrogen) atoms. The minimum Gasteiger partial charge on any atom is -0.291 e. The third-order valence-electron chi connectivity index (χ3n) is 8.43. The van der Waals surface area contributed by atoms with E-state index in [1.165, 1.54) is 0 Å². The van der Waals surface area contributed by atoms with Gasteiger partial charge in [-0.1, -0.05) is 84.9 Å². The van der Waals surface area contributed by atoms with Crippen LogP contribution >= 0.6 is 7.29 Å². The first kappa shape index (κ1) is 23.5. The Morgan fingerprint density at radius 3 is 1.74 bits per heavy atom. The highest BCUT2D eigenvalue weighted by atomic mass is 31.2. The SMILES string of the molecule is O=P(c1ccncc1)(c1cccc2nc3c4ccccc4c4ccccc4n3c12)n1c2ccccc2c2ccccc21. The lowest BCUT2D eigenvalue weighted by Crippen LogP contribution is -2.23. The largest absolute Gasteiger partial charge is 0.291 e. The van der Waals surface area contributed by atoms with Gasteiger partial charge in [0.1, 0.15) is 5.65 Å². The molecule has 9 aromatic rings. The van der Waals surface area contributed by atoms with Gasteiger partial charge in [-0.3, -0.25) is 18.3 Å². The summed E-state index contributed by atoms with van der Waals surface area (Å²) in [5.74, 6) is 0. The molecule has 0 aliphatic rings. The zero-order valence-electron chi connectivity index (χ0n) is 22.4. The van der Waals surface area contributed by atoms with Crippen molar-refractivity contribution in [3.05, 3.63) is 140 Å². The number of pyridine rings is 2. The Bertz CT molecular complexity index is 2510. The van der Waals surface area contributed by atoms with E-state index in [-0.39, 0.29) is 0 Å². The van der Waals surface area contributed by atoms with Gasteiger partial charge in [-0.15, -0.1) is 0 Å². The highest BCUT2D eigenvalue weighted by Gasteiger charge is 2.36. The monoisotopic (exact) mass is 558 g/mol. The summed E-state index contributed by atoms with van der Waals surface area (Å²) in [5, 5.41) is 6.95. The van der Waals surface area contributed by atoms with Crippen LogP contribution in [0.15, 0.2) is 140 Å². The maximum absolute atomic E-state index is 16.4. The van der Waals surface area contributed by atoms with Crippen molar-refractivity contribution in [1.82, 2.24) is 18.7 Å². The molecule has 6 heteroatoms. The van der Waals surface area contributed by atoms with Crippen LogP contribution in [-0.4, -0.2) is 18.7 Å². The van der Waals surface area contributed by atoms with E-state index in [0.717, 1.165) is 70.8 Å². The topological polar surface area (TPSA) is 52.2 Å². The Hall–Kier alpha value is -5.25. The number of imidazole rings is 1. The van der Waals surface area contributed by atoms with Gasteiger partial charge in [0.25, 0.3) is 0 Å². The van der Waals surface area contributed by atoms with E-state index in [1.807, 2.05) is 54.6 Å². The number of hydrogen-bond acceptors (Lipinski definition) is 3. The molecule has 0 bridgehead atoms. The van der Waals surface area contributed by atoms with E-state index < -0.39 is 7.29 Å². The molecule has 0 spiro atoms. The van der Waals surface area contributed by atoms with Gasteiger partial charge in [-0.25, -0.2) is 4.98 Å². The second-order valence-corrected chi connectivity index (χ2v) is 13.2. The van der Waals surface area contributed by atoms with Crippen molar-refractivity contribution < 1.29 is 4.57 Å². The summed E-state index contributed by atoms with van der Waals surface area (Å²) in [4.78, 5) is 9.48. The van der Waals surface area contributed by atoms with Gasteiger partial charge in [0, 0.05) is 39.2 Å². The van der Waals surface area contributed by atoms with Crippen LogP contribution in [0.3, 0.4) is 0 Å². The smallest absolute Gasteiger partial charge is 0.236 e. The normalized spacial score (nSPS) is 13.5. The lowest BCUT2D eigenvalue weighted by molar-refractivity contribution is 0.583. The third kappa shape index (κ3) is 3.01. The molecule has 1 unspecified atom stereocenters. The number of benzene rings is 5. The van der Waals surface area contributed by atoms with Gasteiger partial charge in [0.05, 0.1) is 32.9 Å². The first-order valence-corrected chi connectivity index (χ1v) is 15.6. The molecule has 198 valence electrons. The highest BCUT2D eigenvalue weighted by molar-refractivity contribution is 7.78. The lowest BCUT2D eigenvalue weighted by atomic mass is 10.1. The van der Waals surface area contributed by atoms with Crippen LogP contribution in [0, 0.1) is 0 Å². The molecule has 0 amide bonds. The van der Waals surface area contributed by atoms with Crippen LogP contribution in [0.25, 0.3) is 60.2 Å². The summed E-state index contributed by atoms with van der Waals surface area (Å²) in [6.07, 6.45) is 3.46. The van der Waals surface area contributed by atoms with E-state index in [2.05, 4.69) is 86.5 Å². The summed E-state index contributed by atoms with van der Waals surface area (Å²) in [6, 6.07) is 43.1. The van der Waals surface area contributed by atoms with Crippen molar-refractivity contribution in [1.29, 1.82) is 0 Å². The quantitative estimate of drug-likeness (QED) is 0.163. The molecule has 0 radical (unpaired) electrons. The average Bonchev–Trinajstić information content (AvgIpc) is 3.62. The van der Waals surface area contributed by atoms with Gasteiger partial charge in [0.15, 0.2) is 0 Å². The van der Waals surface area contributed by atoms with Gasteiger partial charge in [-0.2, -0.15) is 0 Å². The molecule has 9 rings (SSSR count). The molecule has 5 aromatic carbocycles. The number of fused-ring (bicyclic) bond motifs is 11. The first-order valence-electron chi connectivity index (χ1n) is 14.0. The van der Waals surface area contributed by atoms with Gasteiger partial charge < -0.3 is 0 Å². The van der Waals surface area contributed by atoms with Crippen LogP contribution in [0.2, 0.25) is 0 Å². The fourth-order valence-corrected chi connectivity index (χ4v) is 9.70. The fraction of sp³-hybridized carbons (Fsp3) is 0. The third-order valence-corrected chi connectivity index (χ3v) is 11.4. The minimum absolute atomic E-state index is 0.719. The van der Waals surface area contributed by atoms with Crippen LogP contribution in [0.4, 0.5) is 0 Å². The average molecular weight is 559 g/mol. The Labute approximate surface area is 240 Å². The van der Waals surface area contributed by atoms with Gasteiger partial charge >= 0.3 is 0 Å². The Morgan fingerprint density at radius 1 is 0.524 bits per heavy atom. The van der Waals surface area contributed by atoms with Crippen molar-refractivity contribution in [3.63, 3.8) is 0 Å². The van der Waals surface area contributed by atoms with Crippen LogP contribution in [-0.2, 0) is 4.57 Å². The molecular formula is C36H23N4OP. The number of hydrogen-bond donors (Lipinski definition) is 0. The molecule has 1 atom stereocenters. The van der Waals surface area contributed by atoms with Crippen LogP contribution < -0.4 is 10.6 Å². The summed E-state index contributed by atoms with van der Waals surface area (Å²) in [6.45, 7) is 0. The molecule has 0 aliphatic heterocycles. The van der Waals surface area contributed by atoms with Crippen molar-refractivity contribution in [2.45, 2.75) is 0 Å². The van der Waals surface area contributed by atoms with E-state index in [0.29, 0.717) is 0 Å². The van der Waals surface area contributed by atoms with Crippen LogP contribution in [0.5, 0.6) is 0 Å². The van der Waals surface area contributed by atoms with E-state index in [9.17, 15) is 0 Å². The second-order valence-electron chi connectivity index (χ2n) is 10.6. The van der Waals surface area contributed by atoms with E-state index >= 15 is 4.57 Å². The molecule has 5 nitrogen and oxygen atoms in total. The number of nitrogens with zero attached hydrogens (tertiary/aromatic N) is 4. The summed E-state index contributed by atoms with van der Waals surface area (Å²) in [7, 11) is -3.56. The molecule has 0 saturated heterocycles. The maximum atomic E-state index is 16.4. The molecule has 4 heterocycles. The predicted octanol–water partition coefficient (Wildman–Crippen LogP) is 8.07. The highest BCUT2D eigenvalue weighted by Crippen LogP contribution is 2.52. The lowest BCUT2D eigenvalue weighted by Gasteiger charge is -2.24. The van der Waals surface area contributed by atoms with Gasteiger partial charge in [-0.05, 0) is 47.9 Å². The molecule has 0 fully saturated rings. The Balaban J connectivity index is 1.54. The van der Waals surface area contributed by atoms with E-state index in [1.54, 1.807) is 12.4 Å². The number of para-hydroxylation sites is 4.